The summed E-state index contributed by atoms with van der Waals surface area (Å²) in [7, 11) is 0. The van der Waals surface area contributed by atoms with Crippen molar-refractivity contribution in [2.75, 3.05) is 13.1 Å². The Kier molecular flexibility index (Phi) is 3.47. The van der Waals surface area contributed by atoms with Crippen molar-refractivity contribution in [3.63, 3.8) is 0 Å². The van der Waals surface area contributed by atoms with Gasteiger partial charge in [-0.1, -0.05) is 18.5 Å². The summed E-state index contributed by atoms with van der Waals surface area (Å²) in [5.74, 6) is 0.120. The molecule has 0 saturated carbocycles. The fourth-order valence-corrected chi connectivity index (χ4v) is 2.41. The number of hydrogen-bond donors (Lipinski definition) is 1. The summed E-state index contributed by atoms with van der Waals surface area (Å²) in [5, 5.41) is 6.86. The molecule has 1 aliphatic heterocycles. The predicted octanol–water partition coefficient (Wildman–Crippen LogP) is 1.17. The van der Waals surface area contributed by atoms with E-state index in [1.54, 1.807) is 6.26 Å². The highest BCUT2D eigenvalue weighted by Crippen LogP contribution is 2.25. The molecule has 0 spiro atoms. The zero-order valence-corrected chi connectivity index (χ0v) is 10.4. The van der Waals surface area contributed by atoms with Crippen LogP contribution < -0.4 is 5.32 Å². The maximum atomic E-state index is 12.0. The molecule has 5 heteroatoms. The second-order valence-corrected chi connectivity index (χ2v) is 4.69. The zero-order valence-electron chi connectivity index (χ0n) is 10.4. The first-order valence-corrected chi connectivity index (χ1v) is 6.09. The van der Waals surface area contributed by atoms with Crippen molar-refractivity contribution in [2.24, 2.45) is 0 Å². The SMILES string of the molecule is CCCC1(C)C(=O)NCCN1Cc1ccon1. The van der Waals surface area contributed by atoms with E-state index in [0.717, 1.165) is 25.1 Å². The summed E-state index contributed by atoms with van der Waals surface area (Å²) in [6.45, 7) is 6.33. The van der Waals surface area contributed by atoms with E-state index in [1.807, 2.05) is 13.0 Å². The first-order valence-electron chi connectivity index (χ1n) is 6.09. The van der Waals surface area contributed by atoms with Crippen molar-refractivity contribution in [1.82, 2.24) is 15.4 Å². The highest BCUT2D eigenvalue weighted by Gasteiger charge is 2.41. The van der Waals surface area contributed by atoms with E-state index in [4.69, 9.17) is 4.52 Å². The molecule has 94 valence electrons. The van der Waals surface area contributed by atoms with Gasteiger partial charge in [-0.3, -0.25) is 9.69 Å². The molecule has 1 atom stereocenters. The van der Waals surface area contributed by atoms with Crippen molar-refractivity contribution in [2.45, 2.75) is 38.8 Å². The summed E-state index contributed by atoms with van der Waals surface area (Å²) in [6, 6.07) is 1.85. The molecular formula is C12H19N3O2. The van der Waals surface area contributed by atoms with Gasteiger partial charge in [0.05, 0.1) is 11.2 Å². The van der Waals surface area contributed by atoms with Crippen LogP contribution in [0.3, 0.4) is 0 Å². The average Bonchev–Trinajstić information content (AvgIpc) is 2.79. The molecule has 1 saturated heterocycles. The van der Waals surface area contributed by atoms with Crippen LogP contribution >= 0.6 is 0 Å². The van der Waals surface area contributed by atoms with E-state index in [1.165, 1.54) is 0 Å². The third kappa shape index (κ3) is 2.34. The van der Waals surface area contributed by atoms with Gasteiger partial charge in [-0.2, -0.15) is 0 Å². The standard InChI is InChI=1S/C12H19N3O2/c1-3-5-12(2)11(16)13-6-7-15(12)9-10-4-8-17-14-10/h4,8H,3,5-7,9H2,1-2H3,(H,13,16). The molecule has 1 fully saturated rings. The fourth-order valence-electron chi connectivity index (χ4n) is 2.41. The zero-order chi connectivity index (χ0) is 12.3. The molecule has 1 aromatic rings. The highest BCUT2D eigenvalue weighted by molar-refractivity contribution is 5.86. The van der Waals surface area contributed by atoms with Crippen LogP contribution in [0, 0.1) is 0 Å². The molecule has 0 aliphatic carbocycles. The molecule has 0 aromatic carbocycles. The van der Waals surface area contributed by atoms with E-state index < -0.39 is 5.54 Å². The van der Waals surface area contributed by atoms with Gasteiger partial charge in [0.25, 0.3) is 0 Å². The lowest BCUT2D eigenvalue weighted by Gasteiger charge is -2.43. The van der Waals surface area contributed by atoms with E-state index in [2.05, 4.69) is 22.3 Å². The molecule has 0 bridgehead atoms. The lowest BCUT2D eigenvalue weighted by molar-refractivity contribution is -0.137. The van der Waals surface area contributed by atoms with Crippen LogP contribution in [0.5, 0.6) is 0 Å². The Balaban J connectivity index is 2.14. The predicted molar refractivity (Wildman–Crippen MR) is 63.2 cm³/mol. The smallest absolute Gasteiger partial charge is 0.240 e. The Labute approximate surface area is 101 Å². The number of rotatable bonds is 4. The summed E-state index contributed by atoms with van der Waals surface area (Å²) in [5.41, 5.74) is 0.452. The van der Waals surface area contributed by atoms with Gasteiger partial charge in [-0.15, -0.1) is 0 Å². The monoisotopic (exact) mass is 237 g/mol. The summed E-state index contributed by atoms with van der Waals surface area (Å²) >= 11 is 0. The topological polar surface area (TPSA) is 58.4 Å². The molecular weight excluding hydrogens is 218 g/mol. The van der Waals surface area contributed by atoms with Gasteiger partial charge in [0.1, 0.15) is 6.26 Å². The first kappa shape index (κ1) is 12.1. The summed E-state index contributed by atoms with van der Waals surface area (Å²) in [4.78, 5) is 14.2. The summed E-state index contributed by atoms with van der Waals surface area (Å²) in [6.07, 6.45) is 3.41. The third-order valence-electron chi connectivity index (χ3n) is 3.44. The minimum atomic E-state index is -0.425. The lowest BCUT2D eigenvalue weighted by atomic mass is 9.90. The minimum absolute atomic E-state index is 0.120. The van der Waals surface area contributed by atoms with Gasteiger partial charge in [0.2, 0.25) is 5.91 Å². The second-order valence-electron chi connectivity index (χ2n) is 4.69. The Morgan fingerprint density at radius 3 is 3.12 bits per heavy atom. The number of piperazine rings is 1. The van der Waals surface area contributed by atoms with E-state index in [-0.39, 0.29) is 5.91 Å². The lowest BCUT2D eigenvalue weighted by Crippen LogP contribution is -2.62. The van der Waals surface area contributed by atoms with Crippen LogP contribution in [0.1, 0.15) is 32.4 Å². The van der Waals surface area contributed by atoms with Crippen LogP contribution in [-0.2, 0) is 11.3 Å². The van der Waals surface area contributed by atoms with Gasteiger partial charge in [0, 0.05) is 25.7 Å². The van der Waals surface area contributed by atoms with Gasteiger partial charge >= 0.3 is 0 Å². The maximum Gasteiger partial charge on any atom is 0.240 e. The quantitative estimate of drug-likeness (QED) is 0.854. The van der Waals surface area contributed by atoms with E-state index >= 15 is 0 Å². The maximum absolute atomic E-state index is 12.0. The molecule has 2 rings (SSSR count). The van der Waals surface area contributed by atoms with Crippen molar-refractivity contribution in [3.05, 3.63) is 18.0 Å². The van der Waals surface area contributed by atoms with Crippen molar-refractivity contribution >= 4 is 5.91 Å². The van der Waals surface area contributed by atoms with Crippen molar-refractivity contribution in [1.29, 1.82) is 0 Å². The molecule has 1 aliphatic rings. The number of nitrogens with zero attached hydrogens (tertiary/aromatic N) is 2. The minimum Gasteiger partial charge on any atom is -0.364 e. The Morgan fingerprint density at radius 2 is 2.47 bits per heavy atom. The highest BCUT2D eigenvalue weighted by atomic mass is 16.5. The Bertz CT molecular complexity index is 377. The van der Waals surface area contributed by atoms with Crippen molar-refractivity contribution < 1.29 is 9.32 Å². The first-order chi connectivity index (χ1) is 8.16. The Morgan fingerprint density at radius 1 is 1.65 bits per heavy atom. The molecule has 1 unspecified atom stereocenters. The number of hydrogen-bond acceptors (Lipinski definition) is 4. The largest absolute Gasteiger partial charge is 0.364 e. The Hall–Kier alpha value is -1.36. The van der Waals surface area contributed by atoms with Crippen LogP contribution in [-0.4, -0.2) is 34.6 Å². The molecule has 1 amide bonds. The number of amides is 1. The molecule has 1 aromatic heterocycles. The van der Waals surface area contributed by atoms with E-state index in [9.17, 15) is 4.79 Å². The number of aromatic nitrogens is 1. The van der Waals surface area contributed by atoms with Crippen LogP contribution in [0.25, 0.3) is 0 Å². The van der Waals surface area contributed by atoms with Gasteiger partial charge in [-0.25, -0.2) is 0 Å². The molecule has 5 nitrogen and oxygen atoms in total. The fraction of sp³-hybridized carbons (Fsp3) is 0.667. The molecule has 2 heterocycles. The van der Waals surface area contributed by atoms with Gasteiger partial charge in [-0.05, 0) is 13.3 Å². The van der Waals surface area contributed by atoms with Gasteiger partial charge < -0.3 is 9.84 Å². The average molecular weight is 237 g/mol. The van der Waals surface area contributed by atoms with Gasteiger partial charge in [0.15, 0.2) is 0 Å². The number of nitrogens with one attached hydrogen (secondary N) is 1. The second kappa shape index (κ2) is 4.87. The van der Waals surface area contributed by atoms with Crippen LogP contribution in [0.4, 0.5) is 0 Å². The molecule has 1 N–H and O–H groups in total. The number of carbonyl (C=O) groups excluding carboxylic acids is 1. The number of carbonyl (C=O) groups is 1. The summed E-state index contributed by atoms with van der Waals surface area (Å²) < 4.78 is 4.83. The van der Waals surface area contributed by atoms with Crippen molar-refractivity contribution in [3.8, 4) is 0 Å². The molecule has 0 radical (unpaired) electrons. The third-order valence-corrected chi connectivity index (χ3v) is 3.44. The molecule has 17 heavy (non-hydrogen) atoms. The normalized spacial score (nSPS) is 25.9. The van der Waals surface area contributed by atoms with Crippen LogP contribution in [0.2, 0.25) is 0 Å². The van der Waals surface area contributed by atoms with Crippen LogP contribution in [0.15, 0.2) is 16.9 Å². The van der Waals surface area contributed by atoms with E-state index in [0.29, 0.717) is 13.1 Å².